The van der Waals surface area contributed by atoms with Gasteiger partial charge in [-0.2, -0.15) is 0 Å². The zero-order valence-corrected chi connectivity index (χ0v) is 15.2. The van der Waals surface area contributed by atoms with Crippen LogP contribution in [0.3, 0.4) is 0 Å². The van der Waals surface area contributed by atoms with Gasteiger partial charge in [0.25, 0.3) is 5.91 Å². The molecule has 3 aromatic rings. The Bertz CT molecular complexity index is 937. The number of amides is 1. The number of benzene rings is 2. The lowest BCUT2D eigenvalue weighted by Gasteiger charge is -2.11. The van der Waals surface area contributed by atoms with Crippen LogP contribution in [0.25, 0.3) is 20.2 Å². The summed E-state index contributed by atoms with van der Waals surface area (Å²) in [6.45, 7) is 1.35. The van der Waals surface area contributed by atoms with Gasteiger partial charge in [-0.3, -0.25) is 9.59 Å². The van der Waals surface area contributed by atoms with Crippen LogP contribution in [0.5, 0.6) is 0 Å². The van der Waals surface area contributed by atoms with Crippen LogP contribution in [0.4, 0.5) is 0 Å². The molecule has 1 N–H and O–H groups in total. The molecule has 2 aromatic carbocycles. The van der Waals surface area contributed by atoms with Crippen molar-refractivity contribution in [2.45, 2.75) is 0 Å². The normalized spacial score (nSPS) is 10.8. The molecule has 4 nitrogen and oxygen atoms in total. The van der Waals surface area contributed by atoms with Gasteiger partial charge < -0.3 is 10.2 Å². The van der Waals surface area contributed by atoms with E-state index in [1.54, 1.807) is 18.2 Å². The average molecular weight is 363 g/mol. The number of fused-ring (bicyclic) bond motifs is 2. The lowest BCUT2D eigenvalue weighted by molar-refractivity contribution is 0.0953. The topological polar surface area (TPSA) is 49.4 Å². The number of halogens is 1. The number of nitrogens with one attached hydrogen (secondary N) is 1. The van der Waals surface area contributed by atoms with Gasteiger partial charge in [-0.1, -0.05) is 18.2 Å². The molecule has 1 amide bonds. The maximum Gasteiger partial charge on any atom is 0.252 e. The first-order valence-corrected chi connectivity index (χ1v) is 8.27. The molecule has 0 spiro atoms. The number of nitrogens with zero attached hydrogens (tertiary/aromatic N) is 1. The van der Waals surface area contributed by atoms with Crippen molar-refractivity contribution in [2.24, 2.45) is 0 Å². The van der Waals surface area contributed by atoms with E-state index in [0.717, 1.165) is 15.9 Å². The lowest BCUT2D eigenvalue weighted by Crippen LogP contribution is -2.31. The third-order valence-electron chi connectivity index (χ3n) is 3.69. The predicted octanol–water partition coefficient (Wildman–Crippen LogP) is 3.13. The molecule has 0 unspecified atom stereocenters. The summed E-state index contributed by atoms with van der Waals surface area (Å²) in [5, 5.41) is 4.22. The summed E-state index contributed by atoms with van der Waals surface area (Å²) in [5.74, 6) is -0.136. The quantitative estimate of drug-likeness (QED) is 0.725. The molecular weight excluding hydrogens is 344 g/mol. The molecule has 0 saturated heterocycles. The van der Waals surface area contributed by atoms with Gasteiger partial charge in [-0.15, -0.1) is 23.7 Å². The molecule has 3 rings (SSSR count). The van der Waals surface area contributed by atoms with Crippen molar-refractivity contribution >= 4 is 49.8 Å². The van der Waals surface area contributed by atoms with Gasteiger partial charge in [0.2, 0.25) is 0 Å². The number of carbonyl (C=O) groups is 1. The van der Waals surface area contributed by atoms with Gasteiger partial charge in [-0.25, -0.2) is 0 Å². The van der Waals surface area contributed by atoms with E-state index in [2.05, 4.69) is 5.32 Å². The molecule has 0 aliphatic carbocycles. The van der Waals surface area contributed by atoms with Crippen molar-refractivity contribution in [1.29, 1.82) is 0 Å². The Kier molecular flexibility index (Phi) is 5.94. The number of carbonyl (C=O) groups excluding carboxylic acids is 1. The van der Waals surface area contributed by atoms with Crippen molar-refractivity contribution in [3.8, 4) is 0 Å². The molecule has 0 aliphatic rings. The highest BCUT2D eigenvalue weighted by molar-refractivity contribution is 7.24. The van der Waals surface area contributed by atoms with Crippen molar-refractivity contribution in [3.05, 3.63) is 58.3 Å². The Morgan fingerprint density at radius 1 is 1.08 bits per heavy atom. The van der Waals surface area contributed by atoms with Crippen molar-refractivity contribution < 1.29 is 4.79 Å². The number of hydrogen-bond acceptors (Lipinski definition) is 4. The zero-order chi connectivity index (χ0) is 16.4. The monoisotopic (exact) mass is 362 g/mol. The standard InChI is InChI=1S/C18H18N2O2S.ClH/c1-20(2)11-10-19-18(22)14-8-5-7-13-16(21)12-6-3-4-9-15(12)23-17(13)14;/h3-9H,10-11H2,1-2H3,(H,19,22);1H. The van der Waals surface area contributed by atoms with Gasteiger partial charge in [0.1, 0.15) is 0 Å². The summed E-state index contributed by atoms with van der Waals surface area (Å²) < 4.78 is 1.65. The SMILES string of the molecule is CN(C)CCNC(=O)c1cccc2c(=O)c3ccccc3sc12.Cl. The van der Waals surface area contributed by atoms with E-state index in [1.165, 1.54) is 11.3 Å². The summed E-state index contributed by atoms with van der Waals surface area (Å²) in [5.41, 5.74) is 0.548. The number of hydrogen-bond donors (Lipinski definition) is 1. The maximum atomic E-state index is 12.6. The molecule has 1 heterocycles. The van der Waals surface area contributed by atoms with Crippen molar-refractivity contribution in [1.82, 2.24) is 10.2 Å². The fraction of sp³-hybridized carbons (Fsp3) is 0.222. The van der Waals surface area contributed by atoms with Crippen LogP contribution in [0.2, 0.25) is 0 Å². The highest BCUT2D eigenvalue weighted by Gasteiger charge is 2.13. The van der Waals surface area contributed by atoms with E-state index in [1.807, 2.05) is 43.3 Å². The third kappa shape index (κ3) is 3.59. The van der Waals surface area contributed by atoms with Crippen LogP contribution in [0, 0.1) is 0 Å². The molecule has 0 aliphatic heterocycles. The summed E-state index contributed by atoms with van der Waals surface area (Å²) >= 11 is 1.49. The van der Waals surface area contributed by atoms with Gasteiger partial charge in [0, 0.05) is 28.6 Å². The second-order valence-electron chi connectivity index (χ2n) is 5.67. The minimum absolute atomic E-state index is 0. The summed E-state index contributed by atoms with van der Waals surface area (Å²) in [6.07, 6.45) is 0. The van der Waals surface area contributed by atoms with Crippen LogP contribution in [0.1, 0.15) is 10.4 Å². The number of rotatable bonds is 4. The summed E-state index contributed by atoms with van der Waals surface area (Å²) in [7, 11) is 3.92. The Hall–Kier alpha value is -1.95. The predicted molar refractivity (Wildman–Crippen MR) is 104 cm³/mol. The first kappa shape index (κ1) is 18.4. The molecule has 0 saturated carbocycles. The van der Waals surface area contributed by atoms with Crippen molar-refractivity contribution in [2.75, 3.05) is 27.2 Å². The molecule has 1 aromatic heterocycles. The van der Waals surface area contributed by atoms with E-state index in [9.17, 15) is 9.59 Å². The van der Waals surface area contributed by atoms with Crippen molar-refractivity contribution in [3.63, 3.8) is 0 Å². The second-order valence-corrected chi connectivity index (χ2v) is 6.72. The first-order chi connectivity index (χ1) is 11.1. The summed E-state index contributed by atoms with van der Waals surface area (Å²) in [6, 6.07) is 12.9. The average Bonchev–Trinajstić information content (AvgIpc) is 2.54. The molecule has 6 heteroatoms. The molecule has 24 heavy (non-hydrogen) atoms. The van der Waals surface area contributed by atoms with Crippen LogP contribution in [0.15, 0.2) is 47.3 Å². The third-order valence-corrected chi connectivity index (χ3v) is 4.91. The van der Waals surface area contributed by atoms with Gasteiger partial charge in [0.15, 0.2) is 5.43 Å². The smallest absolute Gasteiger partial charge is 0.252 e. The fourth-order valence-corrected chi connectivity index (χ4v) is 3.67. The largest absolute Gasteiger partial charge is 0.351 e. The van der Waals surface area contributed by atoms with E-state index >= 15 is 0 Å². The van der Waals surface area contributed by atoms with Crippen LogP contribution in [-0.2, 0) is 0 Å². The Labute approximate surface area is 150 Å². The van der Waals surface area contributed by atoms with Crippen LogP contribution in [-0.4, -0.2) is 38.0 Å². The minimum atomic E-state index is -0.136. The van der Waals surface area contributed by atoms with Gasteiger partial charge in [0.05, 0.1) is 10.3 Å². The molecular formula is C18H19ClN2O2S. The van der Waals surface area contributed by atoms with Gasteiger partial charge >= 0.3 is 0 Å². The van der Waals surface area contributed by atoms with E-state index in [-0.39, 0.29) is 23.7 Å². The van der Waals surface area contributed by atoms with Crippen LogP contribution < -0.4 is 10.7 Å². The Balaban J connectivity index is 0.00000208. The second kappa shape index (κ2) is 7.75. The fourth-order valence-electron chi connectivity index (χ4n) is 2.49. The maximum absolute atomic E-state index is 12.6. The zero-order valence-electron chi connectivity index (χ0n) is 13.5. The van der Waals surface area contributed by atoms with Crippen LogP contribution >= 0.6 is 23.7 Å². The van der Waals surface area contributed by atoms with Gasteiger partial charge in [-0.05, 0) is 38.4 Å². The lowest BCUT2D eigenvalue weighted by atomic mass is 10.1. The minimum Gasteiger partial charge on any atom is -0.351 e. The summed E-state index contributed by atoms with van der Waals surface area (Å²) in [4.78, 5) is 27.1. The Morgan fingerprint density at radius 2 is 1.79 bits per heavy atom. The van der Waals surface area contributed by atoms with E-state index in [4.69, 9.17) is 0 Å². The molecule has 0 atom stereocenters. The van der Waals surface area contributed by atoms with E-state index in [0.29, 0.717) is 22.9 Å². The van der Waals surface area contributed by atoms with E-state index < -0.39 is 0 Å². The Morgan fingerprint density at radius 3 is 2.54 bits per heavy atom. The molecule has 126 valence electrons. The number of likely N-dealkylation sites (N-methyl/N-ethyl adjacent to an activating group) is 1. The first-order valence-electron chi connectivity index (χ1n) is 7.45. The highest BCUT2D eigenvalue weighted by atomic mass is 35.5. The highest BCUT2D eigenvalue weighted by Crippen LogP contribution is 2.27. The molecule has 0 radical (unpaired) electrons. The molecule has 0 bridgehead atoms. The molecule has 0 fully saturated rings.